The molecule has 0 aromatic rings. The van der Waals surface area contributed by atoms with Gasteiger partial charge in [-0.25, -0.2) is 0 Å². The smallest absolute Gasteiger partial charge is 0.193 e. The van der Waals surface area contributed by atoms with Crippen molar-refractivity contribution in [3.63, 3.8) is 0 Å². The summed E-state index contributed by atoms with van der Waals surface area (Å²) >= 11 is 1.91. The highest BCUT2D eigenvalue weighted by atomic mass is 127. The van der Waals surface area contributed by atoms with Crippen LogP contribution in [0, 0.1) is 5.92 Å². The van der Waals surface area contributed by atoms with Gasteiger partial charge < -0.3 is 15.0 Å². The van der Waals surface area contributed by atoms with Crippen LogP contribution in [0.3, 0.4) is 0 Å². The average molecular weight is 429 g/mol. The Morgan fingerprint density at radius 3 is 2.76 bits per heavy atom. The van der Waals surface area contributed by atoms with Gasteiger partial charge in [0.15, 0.2) is 5.96 Å². The van der Waals surface area contributed by atoms with E-state index in [1.165, 1.54) is 31.4 Å². The standard InChI is InChI=1S/C15H31N3OS.HI/c1-4-16-15(17-9-5-6-12-20-3)18(2)10-11-19-13-14-7-8-14;/h14H,4-13H2,1-3H3,(H,16,17);1H. The highest BCUT2D eigenvalue weighted by Crippen LogP contribution is 2.28. The molecule has 0 unspecified atom stereocenters. The second kappa shape index (κ2) is 13.9. The molecular formula is C15H32IN3OS. The Bertz CT molecular complexity index is 276. The third kappa shape index (κ3) is 11.5. The van der Waals surface area contributed by atoms with Gasteiger partial charge in [-0.3, -0.25) is 4.99 Å². The van der Waals surface area contributed by atoms with E-state index in [4.69, 9.17) is 4.74 Å². The molecule has 0 aliphatic heterocycles. The van der Waals surface area contributed by atoms with Crippen molar-refractivity contribution in [2.45, 2.75) is 32.6 Å². The molecule has 1 fully saturated rings. The second-order valence-corrected chi connectivity index (χ2v) is 6.36. The van der Waals surface area contributed by atoms with E-state index >= 15 is 0 Å². The Hall–Kier alpha value is 0.310. The number of nitrogens with zero attached hydrogens (tertiary/aromatic N) is 2. The molecule has 126 valence electrons. The zero-order chi connectivity index (χ0) is 14.6. The van der Waals surface area contributed by atoms with E-state index < -0.39 is 0 Å². The summed E-state index contributed by atoms with van der Waals surface area (Å²) < 4.78 is 5.69. The van der Waals surface area contributed by atoms with E-state index in [1.807, 2.05) is 11.8 Å². The van der Waals surface area contributed by atoms with Gasteiger partial charge in [-0.05, 0) is 50.5 Å². The number of nitrogens with one attached hydrogen (secondary N) is 1. The van der Waals surface area contributed by atoms with Gasteiger partial charge in [0.25, 0.3) is 0 Å². The number of halogens is 1. The van der Waals surface area contributed by atoms with Gasteiger partial charge in [0.05, 0.1) is 6.61 Å². The number of guanidine groups is 1. The maximum absolute atomic E-state index is 5.69. The molecule has 0 spiro atoms. The van der Waals surface area contributed by atoms with Gasteiger partial charge >= 0.3 is 0 Å². The number of hydrogen-bond acceptors (Lipinski definition) is 3. The van der Waals surface area contributed by atoms with E-state index in [1.54, 1.807) is 0 Å². The van der Waals surface area contributed by atoms with Gasteiger partial charge in [0.1, 0.15) is 0 Å². The summed E-state index contributed by atoms with van der Waals surface area (Å²) in [7, 11) is 2.09. The molecule has 0 saturated heterocycles. The lowest BCUT2D eigenvalue weighted by molar-refractivity contribution is 0.115. The van der Waals surface area contributed by atoms with E-state index in [0.29, 0.717) is 0 Å². The van der Waals surface area contributed by atoms with Crippen LogP contribution in [-0.4, -0.2) is 62.8 Å². The maximum Gasteiger partial charge on any atom is 0.193 e. The molecule has 1 saturated carbocycles. The van der Waals surface area contributed by atoms with E-state index in [-0.39, 0.29) is 24.0 Å². The first-order valence-electron chi connectivity index (χ1n) is 7.84. The largest absolute Gasteiger partial charge is 0.379 e. The van der Waals surface area contributed by atoms with Crippen LogP contribution in [0.2, 0.25) is 0 Å². The molecule has 6 heteroatoms. The fourth-order valence-corrected chi connectivity index (χ4v) is 2.35. The number of rotatable bonds is 11. The first-order chi connectivity index (χ1) is 9.77. The van der Waals surface area contributed by atoms with Crippen molar-refractivity contribution >= 4 is 41.7 Å². The predicted octanol–water partition coefficient (Wildman–Crippen LogP) is 3.07. The highest BCUT2D eigenvalue weighted by Gasteiger charge is 2.21. The SMILES string of the molecule is CCNC(=NCCCCSC)N(C)CCOCC1CC1.I. The molecule has 1 N–H and O–H groups in total. The Morgan fingerprint density at radius 2 is 2.14 bits per heavy atom. The lowest BCUT2D eigenvalue weighted by atomic mass is 10.3. The molecule has 21 heavy (non-hydrogen) atoms. The summed E-state index contributed by atoms with van der Waals surface area (Å²) in [5.74, 6) is 3.09. The van der Waals surface area contributed by atoms with E-state index in [2.05, 4.69) is 35.4 Å². The number of likely N-dealkylation sites (N-methyl/N-ethyl adjacent to an activating group) is 1. The first kappa shape index (κ1) is 21.3. The van der Waals surface area contributed by atoms with Crippen molar-refractivity contribution < 1.29 is 4.74 Å². The van der Waals surface area contributed by atoms with Gasteiger partial charge in [-0.2, -0.15) is 11.8 Å². The minimum Gasteiger partial charge on any atom is -0.379 e. The Kier molecular flexibility index (Phi) is 14.1. The number of hydrogen-bond donors (Lipinski definition) is 1. The molecule has 0 aromatic carbocycles. The first-order valence-corrected chi connectivity index (χ1v) is 9.23. The van der Waals surface area contributed by atoms with Crippen LogP contribution in [0.25, 0.3) is 0 Å². The van der Waals surface area contributed by atoms with Crippen molar-refractivity contribution in [2.24, 2.45) is 10.9 Å². The molecule has 1 rings (SSSR count). The zero-order valence-corrected chi connectivity index (χ0v) is 16.9. The summed E-state index contributed by atoms with van der Waals surface area (Å²) in [6.45, 7) is 6.58. The van der Waals surface area contributed by atoms with E-state index in [9.17, 15) is 0 Å². The Morgan fingerprint density at radius 1 is 1.38 bits per heavy atom. The molecule has 0 amide bonds. The fraction of sp³-hybridized carbons (Fsp3) is 0.933. The normalized spacial score (nSPS) is 14.7. The third-order valence-corrected chi connectivity index (χ3v) is 4.03. The van der Waals surface area contributed by atoms with Crippen molar-refractivity contribution in [3.8, 4) is 0 Å². The van der Waals surface area contributed by atoms with Crippen LogP contribution in [-0.2, 0) is 4.74 Å². The van der Waals surface area contributed by atoms with Crippen LogP contribution in [0.15, 0.2) is 4.99 Å². The fourth-order valence-electron chi connectivity index (χ4n) is 1.85. The van der Waals surface area contributed by atoms with E-state index in [0.717, 1.165) is 44.7 Å². The lowest BCUT2D eigenvalue weighted by Crippen LogP contribution is -2.40. The minimum atomic E-state index is 0. The molecule has 0 aromatic heterocycles. The number of thioether (sulfide) groups is 1. The lowest BCUT2D eigenvalue weighted by Gasteiger charge is -2.22. The van der Waals surface area contributed by atoms with Gasteiger partial charge in [-0.1, -0.05) is 0 Å². The Balaban J connectivity index is 0.00000400. The van der Waals surface area contributed by atoms with Crippen LogP contribution >= 0.6 is 35.7 Å². The molecule has 0 atom stereocenters. The number of aliphatic imine (C=N–C) groups is 1. The zero-order valence-electron chi connectivity index (χ0n) is 13.8. The molecule has 4 nitrogen and oxygen atoms in total. The van der Waals surface area contributed by atoms with Crippen molar-refractivity contribution in [2.75, 3.05) is 51.9 Å². The van der Waals surface area contributed by atoms with Gasteiger partial charge in [-0.15, -0.1) is 24.0 Å². The molecule has 0 heterocycles. The highest BCUT2D eigenvalue weighted by molar-refractivity contribution is 14.0. The van der Waals surface area contributed by atoms with Crippen molar-refractivity contribution in [1.29, 1.82) is 0 Å². The number of ether oxygens (including phenoxy) is 1. The van der Waals surface area contributed by atoms with Crippen LogP contribution in [0.5, 0.6) is 0 Å². The molecule has 0 bridgehead atoms. The summed E-state index contributed by atoms with van der Waals surface area (Å²) in [6, 6.07) is 0. The van der Waals surface area contributed by atoms with Crippen molar-refractivity contribution in [3.05, 3.63) is 0 Å². The van der Waals surface area contributed by atoms with Crippen LogP contribution in [0.4, 0.5) is 0 Å². The number of unbranched alkanes of at least 4 members (excludes halogenated alkanes) is 1. The van der Waals surface area contributed by atoms with Crippen molar-refractivity contribution in [1.82, 2.24) is 10.2 Å². The maximum atomic E-state index is 5.69. The van der Waals surface area contributed by atoms with Crippen LogP contribution in [0.1, 0.15) is 32.6 Å². The summed E-state index contributed by atoms with van der Waals surface area (Å²) in [4.78, 5) is 6.85. The van der Waals surface area contributed by atoms with Gasteiger partial charge in [0, 0.05) is 33.3 Å². The molecule has 0 radical (unpaired) electrons. The second-order valence-electron chi connectivity index (χ2n) is 5.38. The molecule has 1 aliphatic rings. The minimum absolute atomic E-state index is 0. The van der Waals surface area contributed by atoms with Gasteiger partial charge in [0.2, 0.25) is 0 Å². The molecule has 1 aliphatic carbocycles. The van der Waals surface area contributed by atoms with Crippen LogP contribution < -0.4 is 5.32 Å². The Labute approximate surface area is 151 Å². The third-order valence-electron chi connectivity index (χ3n) is 3.34. The average Bonchev–Trinajstić information content (AvgIpc) is 3.26. The molecular weight excluding hydrogens is 397 g/mol. The summed E-state index contributed by atoms with van der Waals surface area (Å²) in [5, 5.41) is 3.35. The summed E-state index contributed by atoms with van der Waals surface area (Å²) in [5.41, 5.74) is 0. The quantitative estimate of drug-likeness (QED) is 0.237. The monoisotopic (exact) mass is 429 g/mol. The predicted molar refractivity (Wildman–Crippen MR) is 105 cm³/mol. The summed E-state index contributed by atoms with van der Waals surface area (Å²) in [6.07, 6.45) is 7.29. The topological polar surface area (TPSA) is 36.9 Å².